The molecule has 0 radical (unpaired) electrons. The van der Waals surface area contributed by atoms with Crippen molar-refractivity contribution in [3.05, 3.63) is 27.7 Å². The van der Waals surface area contributed by atoms with E-state index in [2.05, 4.69) is 15.9 Å². The zero-order valence-electron chi connectivity index (χ0n) is 10.6. The van der Waals surface area contributed by atoms with Gasteiger partial charge >= 0.3 is 5.97 Å². The van der Waals surface area contributed by atoms with Crippen LogP contribution in [-0.2, 0) is 9.84 Å². The Labute approximate surface area is 120 Å². The lowest BCUT2D eigenvalue weighted by Gasteiger charge is -2.11. The van der Waals surface area contributed by atoms with Crippen molar-refractivity contribution in [2.75, 3.05) is 5.75 Å². The molecule has 1 atom stereocenters. The van der Waals surface area contributed by atoms with Gasteiger partial charge in [0.05, 0.1) is 22.3 Å². The van der Waals surface area contributed by atoms with Crippen molar-refractivity contribution in [2.24, 2.45) is 0 Å². The number of aliphatic hydroxyl groups is 1. The molecule has 0 aliphatic heterocycles. The van der Waals surface area contributed by atoms with Crippen molar-refractivity contribution >= 4 is 31.7 Å². The molecule has 2 N–H and O–H groups in total. The largest absolute Gasteiger partial charge is 0.478 e. The fourth-order valence-electron chi connectivity index (χ4n) is 1.54. The van der Waals surface area contributed by atoms with E-state index in [9.17, 15) is 13.2 Å². The van der Waals surface area contributed by atoms with Crippen molar-refractivity contribution in [1.82, 2.24) is 0 Å². The van der Waals surface area contributed by atoms with E-state index in [1.54, 1.807) is 6.92 Å². The number of rotatable bonds is 5. The molecular formula is C12H15BrO5S. The molecule has 1 aromatic carbocycles. The SMILES string of the molecule is Cc1c(Br)cc(C(=O)O)cc1S(=O)(=O)CCC(C)O. The topological polar surface area (TPSA) is 91.7 Å². The second kappa shape index (κ2) is 6.02. The Bertz CT molecular complexity index is 592. The maximum Gasteiger partial charge on any atom is 0.335 e. The lowest BCUT2D eigenvalue weighted by atomic mass is 10.1. The van der Waals surface area contributed by atoms with Gasteiger partial charge in [0.1, 0.15) is 0 Å². The second-order valence-corrected chi connectivity index (χ2v) is 7.27. The molecule has 0 aliphatic rings. The van der Waals surface area contributed by atoms with Gasteiger partial charge in [-0.25, -0.2) is 13.2 Å². The number of sulfone groups is 1. The Balaban J connectivity index is 3.29. The van der Waals surface area contributed by atoms with Gasteiger partial charge in [0.15, 0.2) is 9.84 Å². The lowest BCUT2D eigenvalue weighted by Crippen LogP contribution is -2.14. The molecule has 0 aliphatic carbocycles. The van der Waals surface area contributed by atoms with Gasteiger partial charge in [-0.1, -0.05) is 15.9 Å². The molecular weight excluding hydrogens is 336 g/mol. The number of carbonyl (C=O) groups is 1. The highest BCUT2D eigenvalue weighted by Crippen LogP contribution is 2.27. The van der Waals surface area contributed by atoms with E-state index in [0.717, 1.165) is 6.07 Å². The van der Waals surface area contributed by atoms with E-state index in [-0.39, 0.29) is 22.6 Å². The summed E-state index contributed by atoms with van der Waals surface area (Å²) in [4.78, 5) is 10.9. The molecule has 5 nitrogen and oxygen atoms in total. The summed E-state index contributed by atoms with van der Waals surface area (Å²) < 4.78 is 24.8. The van der Waals surface area contributed by atoms with Gasteiger partial charge in [-0.2, -0.15) is 0 Å². The number of aliphatic hydroxyl groups excluding tert-OH is 1. The third kappa shape index (κ3) is 4.02. The second-order valence-electron chi connectivity index (χ2n) is 4.34. The molecule has 1 rings (SSSR count). The quantitative estimate of drug-likeness (QED) is 0.847. The molecule has 0 amide bonds. The van der Waals surface area contributed by atoms with Gasteiger partial charge in [-0.05, 0) is 38.0 Å². The van der Waals surface area contributed by atoms with Crippen LogP contribution >= 0.6 is 15.9 Å². The Morgan fingerprint density at radius 2 is 2.00 bits per heavy atom. The summed E-state index contributed by atoms with van der Waals surface area (Å²) in [5.74, 6) is -1.41. The summed E-state index contributed by atoms with van der Waals surface area (Å²) in [5, 5.41) is 18.1. The molecule has 106 valence electrons. The van der Waals surface area contributed by atoms with E-state index in [0.29, 0.717) is 10.0 Å². The van der Waals surface area contributed by atoms with E-state index >= 15 is 0 Å². The Morgan fingerprint density at radius 3 is 2.47 bits per heavy atom. The zero-order chi connectivity index (χ0) is 14.8. The molecule has 0 saturated carbocycles. The standard InChI is InChI=1S/C12H15BrO5S/c1-7(14)3-4-19(17,18)11-6-9(12(15)16)5-10(13)8(11)2/h5-7,14H,3-4H2,1-2H3,(H,15,16). The average molecular weight is 351 g/mol. The summed E-state index contributed by atoms with van der Waals surface area (Å²) in [6.45, 7) is 3.11. The summed E-state index contributed by atoms with van der Waals surface area (Å²) in [7, 11) is -3.62. The maximum absolute atomic E-state index is 12.2. The first-order valence-corrected chi connectivity index (χ1v) is 8.04. The Hall–Kier alpha value is -0.920. The molecule has 0 heterocycles. The van der Waals surface area contributed by atoms with Crippen LogP contribution in [0.5, 0.6) is 0 Å². The predicted octanol–water partition coefficient (Wildman–Crippen LogP) is 2.00. The van der Waals surface area contributed by atoms with Crippen molar-refractivity contribution in [3.63, 3.8) is 0 Å². The summed E-state index contributed by atoms with van der Waals surface area (Å²) in [6.07, 6.45) is -0.613. The molecule has 0 fully saturated rings. The zero-order valence-corrected chi connectivity index (χ0v) is 13.0. The number of benzene rings is 1. The molecule has 0 saturated heterocycles. The first-order chi connectivity index (χ1) is 8.65. The molecule has 7 heteroatoms. The lowest BCUT2D eigenvalue weighted by molar-refractivity contribution is 0.0696. The highest BCUT2D eigenvalue weighted by molar-refractivity contribution is 9.10. The number of carboxylic acid groups (broad SMARTS) is 1. The number of hydrogen-bond donors (Lipinski definition) is 2. The molecule has 1 aromatic rings. The predicted molar refractivity (Wildman–Crippen MR) is 74.2 cm³/mol. The first kappa shape index (κ1) is 16.1. The first-order valence-electron chi connectivity index (χ1n) is 5.59. The van der Waals surface area contributed by atoms with Gasteiger partial charge in [0, 0.05) is 4.47 Å². The fourth-order valence-corrected chi connectivity index (χ4v) is 3.88. The minimum absolute atomic E-state index is 0.0140. The minimum atomic E-state index is -3.62. The monoisotopic (exact) mass is 350 g/mol. The van der Waals surface area contributed by atoms with Crippen molar-refractivity contribution < 1.29 is 23.4 Å². The number of aromatic carboxylic acids is 1. The summed E-state index contributed by atoms with van der Waals surface area (Å²) >= 11 is 3.16. The number of halogens is 1. The van der Waals surface area contributed by atoms with Crippen molar-refractivity contribution in [3.8, 4) is 0 Å². The van der Waals surface area contributed by atoms with Crippen LogP contribution in [0.1, 0.15) is 29.3 Å². The normalized spacial score (nSPS) is 13.3. The maximum atomic E-state index is 12.2. The van der Waals surface area contributed by atoms with Gasteiger partial charge in [-0.15, -0.1) is 0 Å². The highest BCUT2D eigenvalue weighted by atomic mass is 79.9. The van der Waals surface area contributed by atoms with Gasteiger partial charge in [0.25, 0.3) is 0 Å². The third-order valence-corrected chi connectivity index (χ3v) is 5.37. The van der Waals surface area contributed by atoms with E-state index in [1.807, 2.05) is 0 Å². The van der Waals surface area contributed by atoms with Crippen LogP contribution in [0.4, 0.5) is 0 Å². The van der Waals surface area contributed by atoms with Crippen LogP contribution in [0.3, 0.4) is 0 Å². The molecule has 1 unspecified atom stereocenters. The Morgan fingerprint density at radius 1 is 1.42 bits per heavy atom. The Kier molecular flexibility index (Phi) is 5.11. The average Bonchev–Trinajstić information content (AvgIpc) is 2.29. The van der Waals surface area contributed by atoms with Gasteiger partial charge in [0.2, 0.25) is 0 Å². The minimum Gasteiger partial charge on any atom is -0.478 e. The van der Waals surface area contributed by atoms with Crippen LogP contribution in [-0.4, -0.2) is 36.5 Å². The van der Waals surface area contributed by atoms with Crippen LogP contribution < -0.4 is 0 Å². The van der Waals surface area contributed by atoms with E-state index in [4.69, 9.17) is 10.2 Å². The molecule has 0 spiro atoms. The van der Waals surface area contributed by atoms with Crippen molar-refractivity contribution in [1.29, 1.82) is 0 Å². The van der Waals surface area contributed by atoms with E-state index < -0.39 is 21.9 Å². The molecule has 0 bridgehead atoms. The van der Waals surface area contributed by atoms with Crippen LogP contribution in [0.2, 0.25) is 0 Å². The van der Waals surface area contributed by atoms with Crippen LogP contribution in [0.15, 0.2) is 21.5 Å². The molecule has 19 heavy (non-hydrogen) atoms. The van der Waals surface area contributed by atoms with Crippen molar-refractivity contribution in [2.45, 2.75) is 31.3 Å². The summed E-state index contributed by atoms with van der Waals surface area (Å²) in [5.41, 5.74) is 0.378. The van der Waals surface area contributed by atoms with Gasteiger partial charge < -0.3 is 10.2 Å². The van der Waals surface area contributed by atoms with Crippen LogP contribution in [0, 0.1) is 6.92 Å². The summed E-state index contributed by atoms with van der Waals surface area (Å²) in [6, 6.07) is 2.52. The van der Waals surface area contributed by atoms with E-state index in [1.165, 1.54) is 13.0 Å². The number of carboxylic acids is 1. The highest BCUT2D eigenvalue weighted by Gasteiger charge is 2.21. The fraction of sp³-hybridized carbons (Fsp3) is 0.417. The number of hydrogen-bond acceptors (Lipinski definition) is 4. The smallest absolute Gasteiger partial charge is 0.335 e. The van der Waals surface area contributed by atoms with Crippen LogP contribution in [0.25, 0.3) is 0 Å². The molecule has 0 aromatic heterocycles. The third-order valence-electron chi connectivity index (χ3n) is 2.68. The van der Waals surface area contributed by atoms with Gasteiger partial charge in [-0.3, -0.25) is 0 Å².